The van der Waals surface area contributed by atoms with E-state index in [1.54, 1.807) is 18.2 Å². The molecule has 1 heterocycles. The Morgan fingerprint density at radius 1 is 1.08 bits per heavy atom. The first-order valence-corrected chi connectivity index (χ1v) is 8.48. The Labute approximate surface area is 142 Å². The fourth-order valence-corrected chi connectivity index (χ4v) is 3.53. The van der Waals surface area contributed by atoms with Crippen molar-refractivity contribution in [3.8, 4) is 10.6 Å². The maximum Gasteiger partial charge on any atom is 0.229 e. The Kier molecular flexibility index (Phi) is 3.82. The van der Waals surface area contributed by atoms with Crippen LogP contribution in [0.15, 0.2) is 54.6 Å². The van der Waals surface area contributed by atoms with Gasteiger partial charge < -0.3 is 5.32 Å². The van der Waals surface area contributed by atoms with Gasteiger partial charge in [0.1, 0.15) is 10.8 Å². The average Bonchev–Trinajstić information content (AvgIpc) is 3.27. The van der Waals surface area contributed by atoms with E-state index in [2.05, 4.69) is 15.5 Å². The fraction of sp³-hybridized carbons (Fsp3) is 0.167. The summed E-state index contributed by atoms with van der Waals surface area (Å²) in [4.78, 5) is 12.3. The highest BCUT2D eigenvalue weighted by molar-refractivity contribution is 7.18. The maximum atomic E-state index is 13.8. The molecule has 2 unspecified atom stereocenters. The van der Waals surface area contributed by atoms with Crippen molar-refractivity contribution >= 4 is 22.4 Å². The molecule has 1 aromatic heterocycles. The molecule has 6 heteroatoms. The van der Waals surface area contributed by atoms with Crippen LogP contribution in [0.2, 0.25) is 0 Å². The first-order valence-electron chi connectivity index (χ1n) is 7.66. The molecule has 2 aromatic carbocycles. The Bertz CT molecular complexity index is 881. The summed E-state index contributed by atoms with van der Waals surface area (Å²) in [6, 6.07) is 16.3. The molecule has 1 aliphatic rings. The molecule has 3 aromatic rings. The van der Waals surface area contributed by atoms with Crippen molar-refractivity contribution in [2.75, 3.05) is 5.32 Å². The highest BCUT2D eigenvalue weighted by Crippen LogP contribution is 2.48. The summed E-state index contributed by atoms with van der Waals surface area (Å²) in [7, 11) is 0. The maximum absolute atomic E-state index is 13.8. The molecule has 0 radical (unpaired) electrons. The minimum Gasteiger partial charge on any atom is -0.300 e. The number of benzene rings is 2. The monoisotopic (exact) mass is 339 g/mol. The van der Waals surface area contributed by atoms with E-state index in [4.69, 9.17) is 0 Å². The second-order valence-electron chi connectivity index (χ2n) is 5.74. The van der Waals surface area contributed by atoms with Crippen molar-refractivity contribution in [2.45, 2.75) is 12.3 Å². The van der Waals surface area contributed by atoms with Gasteiger partial charge in [0, 0.05) is 11.5 Å². The molecular formula is C18H14FN3OS. The number of rotatable bonds is 4. The van der Waals surface area contributed by atoms with Crippen LogP contribution in [-0.2, 0) is 4.79 Å². The number of halogens is 1. The van der Waals surface area contributed by atoms with Crippen molar-refractivity contribution in [1.82, 2.24) is 10.2 Å². The van der Waals surface area contributed by atoms with E-state index in [0.29, 0.717) is 17.1 Å². The minimum atomic E-state index is -0.250. The second-order valence-corrected chi connectivity index (χ2v) is 6.72. The molecule has 1 aliphatic carbocycles. The molecule has 4 nitrogen and oxygen atoms in total. The first-order chi connectivity index (χ1) is 11.7. The van der Waals surface area contributed by atoms with Crippen LogP contribution in [0.4, 0.5) is 9.52 Å². The fourth-order valence-electron chi connectivity index (χ4n) is 2.77. The van der Waals surface area contributed by atoms with Gasteiger partial charge in [-0.15, -0.1) is 10.2 Å². The summed E-state index contributed by atoms with van der Waals surface area (Å²) in [6.07, 6.45) is 0.664. The molecule has 1 fully saturated rings. The number of nitrogens with zero attached hydrogens (tertiary/aromatic N) is 2. The molecule has 0 aliphatic heterocycles. The van der Waals surface area contributed by atoms with Gasteiger partial charge in [0.15, 0.2) is 0 Å². The van der Waals surface area contributed by atoms with Crippen LogP contribution in [0.3, 0.4) is 0 Å². The summed E-state index contributed by atoms with van der Waals surface area (Å²) in [5, 5.41) is 12.1. The van der Waals surface area contributed by atoms with Crippen molar-refractivity contribution in [3.63, 3.8) is 0 Å². The largest absolute Gasteiger partial charge is 0.300 e. The van der Waals surface area contributed by atoms with Gasteiger partial charge in [0.2, 0.25) is 11.0 Å². The topological polar surface area (TPSA) is 54.9 Å². The summed E-state index contributed by atoms with van der Waals surface area (Å²) in [5.74, 6) is -0.627. The third-order valence-electron chi connectivity index (χ3n) is 4.11. The molecule has 4 rings (SSSR count). The SMILES string of the molecule is O=C(Nc1nnc(-c2ccccc2)s1)C1CC1c1ccccc1F. The molecule has 0 saturated heterocycles. The Morgan fingerprint density at radius 3 is 2.62 bits per heavy atom. The quantitative estimate of drug-likeness (QED) is 0.779. The molecule has 1 N–H and O–H groups in total. The van der Waals surface area contributed by atoms with E-state index >= 15 is 0 Å². The molecule has 1 saturated carbocycles. The van der Waals surface area contributed by atoms with E-state index in [-0.39, 0.29) is 23.6 Å². The lowest BCUT2D eigenvalue weighted by Gasteiger charge is -2.02. The van der Waals surface area contributed by atoms with Gasteiger partial charge in [-0.25, -0.2) is 4.39 Å². The zero-order valence-corrected chi connectivity index (χ0v) is 13.5. The molecule has 0 bridgehead atoms. The summed E-state index contributed by atoms with van der Waals surface area (Å²) < 4.78 is 13.8. The predicted molar refractivity (Wildman–Crippen MR) is 91.2 cm³/mol. The van der Waals surface area contributed by atoms with Crippen molar-refractivity contribution in [1.29, 1.82) is 0 Å². The number of carbonyl (C=O) groups excluding carboxylic acids is 1. The summed E-state index contributed by atoms with van der Waals surface area (Å²) >= 11 is 1.33. The summed E-state index contributed by atoms with van der Waals surface area (Å²) in [6.45, 7) is 0. The zero-order chi connectivity index (χ0) is 16.5. The standard InChI is InChI=1S/C18H14FN3OS/c19-15-9-5-4-8-12(15)13-10-14(13)16(23)20-18-22-21-17(24-18)11-6-2-1-3-7-11/h1-9,13-14H,10H2,(H,20,22,23). The van der Waals surface area contributed by atoms with Gasteiger partial charge in [-0.1, -0.05) is 59.9 Å². The lowest BCUT2D eigenvalue weighted by atomic mass is 10.1. The smallest absolute Gasteiger partial charge is 0.229 e. The highest BCUT2D eigenvalue weighted by Gasteiger charge is 2.45. The van der Waals surface area contributed by atoms with Crippen LogP contribution in [0, 0.1) is 11.7 Å². The number of anilines is 1. The van der Waals surface area contributed by atoms with Crippen LogP contribution in [0.1, 0.15) is 17.9 Å². The highest BCUT2D eigenvalue weighted by atomic mass is 32.1. The van der Waals surface area contributed by atoms with Crippen LogP contribution >= 0.6 is 11.3 Å². The van der Waals surface area contributed by atoms with E-state index in [0.717, 1.165) is 10.6 Å². The first kappa shape index (κ1) is 15.0. The van der Waals surface area contributed by atoms with E-state index in [1.165, 1.54) is 17.4 Å². The number of carbonyl (C=O) groups is 1. The third-order valence-corrected chi connectivity index (χ3v) is 5.00. The second kappa shape index (κ2) is 6.13. The number of hydrogen-bond donors (Lipinski definition) is 1. The average molecular weight is 339 g/mol. The van der Waals surface area contributed by atoms with Crippen LogP contribution in [0.25, 0.3) is 10.6 Å². The van der Waals surface area contributed by atoms with Gasteiger partial charge >= 0.3 is 0 Å². The Hall–Kier alpha value is -2.60. The molecule has 1 amide bonds. The van der Waals surface area contributed by atoms with Gasteiger partial charge in [0.25, 0.3) is 0 Å². The van der Waals surface area contributed by atoms with Gasteiger partial charge in [-0.2, -0.15) is 0 Å². The Balaban J connectivity index is 1.43. The number of hydrogen-bond acceptors (Lipinski definition) is 4. The van der Waals surface area contributed by atoms with Crippen LogP contribution in [-0.4, -0.2) is 16.1 Å². The number of aromatic nitrogens is 2. The zero-order valence-electron chi connectivity index (χ0n) is 12.6. The normalized spacial score (nSPS) is 19.0. The van der Waals surface area contributed by atoms with Crippen LogP contribution < -0.4 is 5.32 Å². The van der Waals surface area contributed by atoms with E-state index in [9.17, 15) is 9.18 Å². The van der Waals surface area contributed by atoms with Gasteiger partial charge in [-0.3, -0.25) is 4.79 Å². The molecular weight excluding hydrogens is 325 g/mol. The Morgan fingerprint density at radius 2 is 1.83 bits per heavy atom. The van der Waals surface area contributed by atoms with E-state index in [1.807, 2.05) is 30.3 Å². The molecule has 120 valence electrons. The molecule has 2 atom stereocenters. The van der Waals surface area contributed by atoms with Crippen molar-refractivity contribution in [3.05, 3.63) is 66.0 Å². The number of nitrogens with one attached hydrogen (secondary N) is 1. The van der Waals surface area contributed by atoms with Crippen LogP contribution in [0.5, 0.6) is 0 Å². The molecule has 24 heavy (non-hydrogen) atoms. The van der Waals surface area contributed by atoms with Crippen molar-refractivity contribution < 1.29 is 9.18 Å². The van der Waals surface area contributed by atoms with Crippen molar-refractivity contribution in [2.24, 2.45) is 5.92 Å². The van der Waals surface area contributed by atoms with E-state index < -0.39 is 0 Å². The minimum absolute atomic E-state index is 0.0484. The molecule has 0 spiro atoms. The summed E-state index contributed by atoms with van der Waals surface area (Å²) in [5.41, 5.74) is 1.58. The predicted octanol–water partition coefficient (Wildman–Crippen LogP) is 4.09. The lowest BCUT2D eigenvalue weighted by Crippen LogP contribution is -2.14. The third kappa shape index (κ3) is 2.92. The van der Waals surface area contributed by atoms with Gasteiger partial charge in [0.05, 0.1) is 0 Å². The number of amides is 1. The lowest BCUT2D eigenvalue weighted by molar-refractivity contribution is -0.117. The van der Waals surface area contributed by atoms with Gasteiger partial charge in [-0.05, 0) is 24.0 Å².